The third kappa shape index (κ3) is 7.41. The van der Waals surface area contributed by atoms with E-state index in [0.29, 0.717) is 27.3 Å². The van der Waals surface area contributed by atoms with Gasteiger partial charge in [0.25, 0.3) is 5.17 Å². The largest absolute Gasteiger partial charge is 0.432 e. The van der Waals surface area contributed by atoms with Crippen LogP contribution < -0.4 is 9.64 Å². The Kier molecular flexibility index (Phi) is 11.5. The van der Waals surface area contributed by atoms with Crippen LogP contribution in [0.2, 0.25) is 0 Å². The molecule has 0 spiro atoms. The molecular formula is C49H67NO2S. The lowest BCUT2D eigenvalue weighted by molar-refractivity contribution is -0.0962. The number of aryl methyl sites for hydroxylation is 1. The van der Waals surface area contributed by atoms with Crippen molar-refractivity contribution in [1.29, 1.82) is 0 Å². The first-order valence-corrected chi connectivity index (χ1v) is 21.0. The van der Waals surface area contributed by atoms with Crippen molar-refractivity contribution in [3.63, 3.8) is 0 Å². The predicted octanol–water partition coefficient (Wildman–Crippen LogP) is 13.4. The zero-order chi connectivity index (χ0) is 38.3. The molecule has 286 valence electrons. The molecule has 0 bridgehead atoms. The number of thiocarbonyl (C=S) groups is 1. The lowest BCUT2D eigenvalue weighted by Crippen LogP contribution is -2.55. The molecular weight excluding hydrogens is 667 g/mol. The van der Waals surface area contributed by atoms with Crippen molar-refractivity contribution < 1.29 is 9.84 Å². The SMILES string of the molecule is CC(C)=CCCC(C)C1CCC2(C)C3=C(CCC12C)C1(C)CCC(O)C(C)(C)C1CC3.Cc1cccc(N(C)C(=S)Oc2ccc3ccccc3c2)c1. The van der Waals surface area contributed by atoms with E-state index in [1.165, 1.54) is 74.3 Å². The number of anilines is 1. The molecule has 53 heavy (non-hydrogen) atoms. The van der Waals surface area contributed by atoms with Gasteiger partial charge in [0.05, 0.1) is 6.10 Å². The highest BCUT2D eigenvalue weighted by molar-refractivity contribution is 7.80. The van der Waals surface area contributed by atoms with Crippen LogP contribution in [0.15, 0.2) is 89.5 Å². The molecule has 4 heteroatoms. The number of fused-ring (bicyclic) bond motifs is 5. The van der Waals surface area contributed by atoms with Crippen LogP contribution in [0.4, 0.5) is 5.69 Å². The van der Waals surface area contributed by atoms with Gasteiger partial charge in [0.2, 0.25) is 0 Å². The van der Waals surface area contributed by atoms with Gasteiger partial charge in [0, 0.05) is 12.7 Å². The first-order valence-electron chi connectivity index (χ1n) is 20.6. The number of hydrogen-bond acceptors (Lipinski definition) is 3. The van der Waals surface area contributed by atoms with Crippen LogP contribution in [0.1, 0.15) is 125 Å². The molecule has 4 aliphatic carbocycles. The topological polar surface area (TPSA) is 32.7 Å². The molecule has 0 saturated heterocycles. The quantitative estimate of drug-likeness (QED) is 0.202. The average Bonchev–Trinajstić information content (AvgIpc) is 3.40. The number of allylic oxidation sites excluding steroid dienone is 4. The molecule has 1 N–H and O–H groups in total. The van der Waals surface area contributed by atoms with Crippen molar-refractivity contribution in [3.8, 4) is 5.75 Å². The number of nitrogens with zero attached hydrogens (tertiary/aromatic N) is 1. The molecule has 3 nitrogen and oxygen atoms in total. The van der Waals surface area contributed by atoms with Gasteiger partial charge in [0.1, 0.15) is 5.75 Å². The fraction of sp³-hybridized carbons (Fsp3) is 0.571. The molecule has 3 aromatic rings. The monoisotopic (exact) mass is 733 g/mol. The summed E-state index contributed by atoms with van der Waals surface area (Å²) in [5.74, 6) is 3.08. The lowest BCUT2D eigenvalue weighted by atomic mass is 9.43. The number of rotatable bonds is 6. The van der Waals surface area contributed by atoms with Crippen molar-refractivity contribution in [2.45, 2.75) is 133 Å². The van der Waals surface area contributed by atoms with Crippen molar-refractivity contribution in [3.05, 3.63) is 95.1 Å². The summed E-state index contributed by atoms with van der Waals surface area (Å²) in [4.78, 5) is 1.87. The maximum atomic E-state index is 10.8. The number of ether oxygens (including phenoxy) is 1. The molecule has 7 rings (SSSR count). The summed E-state index contributed by atoms with van der Waals surface area (Å²) in [7, 11) is 1.91. The Balaban J connectivity index is 0.000000192. The molecule has 7 atom stereocenters. The van der Waals surface area contributed by atoms with E-state index in [9.17, 15) is 5.11 Å². The molecule has 0 amide bonds. The maximum absolute atomic E-state index is 10.8. The normalized spacial score (nSPS) is 30.6. The Labute approximate surface area is 327 Å². The molecule has 7 unspecified atom stereocenters. The van der Waals surface area contributed by atoms with Crippen LogP contribution in [0, 0.1) is 46.3 Å². The van der Waals surface area contributed by atoms with E-state index in [0.717, 1.165) is 35.1 Å². The standard InChI is InChI=1S/C30H50O.C19H17NOS/c1-20(2)10-9-11-21(3)22-14-18-30(8)24-12-13-25-27(4,5)26(31)16-17-28(25,6)23(24)15-19-29(22,30)7;1-14-6-5-9-17(12-14)20(2)19(22)21-18-11-10-15-7-3-4-8-16(15)13-18/h10,21-22,25-26,31H,9,11-19H2,1-8H3;3-13H,1-2H3. The van der Waals surface area contributed by atoms with Crippen LogP contribution in [0.25, 0.3) is 10.8 Å². The van der Waals surface area contributed by atoms with Crippen LogP contribution in [-0.2, 0) is 0 Å². The van der Waals surface area contributed by atoms with E-state index in [2.05, 4.69) is 92.7 Å². The van der Waals surface area contributed by atoms with Gasteiger partial charge in [-0.1, -0.05) is 107 Å². The Morgan fingerprint density at radius 1 is 0.887 bits per heavy atom. The molecule has 0 aliphatic heterocycles. The number of aliphatic hydroxyl groups excluding tert-OH is 1. The van der Waals surface area contributed by atoms with Crippen molar-refractivity contribution >= 4 is 33.9 Å². The zero-order valence-corrected chi connectivity index (χ0v) is 35.3. The zero-order valence-electron chi connectivity index (χ0n) is 34.5. The second kappa shape index (κ2) is 15.3. The number of benzene rings is 3. The molecule has 0 aromatic heterocycles. The third-order valence-electron chi connectivity index (χ3n) is 15.2. The summed E-state index contributed by atoms with van der Waals surface area (Å²) < 4.78 is 5.84. The Bertz CT molecular complexity index is 1870. The minimum Gasteiger partial charge on any atom is -0.432 e. The lowest BCUT2D eigenvalue weighted by Gasteiger charge is -2.62. The third-order valence-corrected chi connectivity index (χ3v) is 15.6. The van der Waals surface area contributed by atoms with Gasteiger partial charge in [-0.3, -0.25) is 0 Å². The molecule has 2 saturated carbocycles. The van der Waals surface area contributed by atoms with Crippen molar-refractivity contribution in [1.82, 2.24) is 0 Å². The number of hydrogen-bond donors (Lipinski definition) is 1. The summed E-state index contributed by atoms with van der Waals surface area (Å²) in [6.45, 7) is 21.7. The minimum absolute atomic E-state index is 0.0465. The summed E-state index contributed by atoms with van der Waals surface area (Å²) in [6.07, 6.45) is 15.2. The van der Waals surface area contributed by atoms with Gasteiger partial charge in [-0.05, 0) is 177 Å². The van der Waals surface area contributed by atoms with E-state index in [1.54, 1.807) is 0 Å². The van der Waals surface area contributed by atoms with Crippen LogP contribution in [0.5, 0.6) is 5.75 Å². The summed E-state index contributed by atoms with van der Waals surface area (Å²) in [5.41, 5.74) is 8.62. The Morgan fingerprint density at radius 2 is 1.62 bits per heavy atom. The fourth-order valence-corrected chi connectivity index (χ4v) is 12.0. The highest BCUT2D eigenvalue weighted by Gasteiger charge is 2.63. The van der Waals surface area contributed by atoms with Crippen molar-refractivity contribution in [2.75, 3.05) is 11.9 Å². The fourth-order valence-electron chi connectivity index (χ4n) is 11.8. The second-order valence-electron chi connectivity index (χ2n) is 18.8. The Morgan fingerprint density at radius 3 is 2.34 bits per heavy atom. The van der Waals surface area contributed by atoms with E-state index in [-0.39, 0.29) is 11.5 Å². The van der Waals surface area contributed by atoms with Crippen LogP contribution in [0.3, 0.4) is 0 Å². The molecule has 3 aromatic carbocycles. The highest BCUT2D eigenvalue weighted by atomic mass is 32.1. The van der Waals surface area contributed by atoms with Crippen LogP contribution >= 0.6 is 12.2 Å². The summed E-state index contributed by atoms with van der Waals surface area (Å²) in [6, 6.07) is 22.3. The molecule has 2 fully saturated rings. The molecule has 4 aliphatic rings. The van der Waals surface area contributed by atoms with Gasteiger partial charge in [0.15, 0.2) is 0 Å². The van der Waals surface area contributed by atoms with E-state index in [1.807, 2.05) is 65.6 Å². The minimum atomic E-state index is -0.130. The van der Waals surface area contributed by atoms with Crippen LogP contribution in [-0.4, -0.2) is 23.4 Å². The first-order chi connectivity index (χ1) is 25.0. The van der Waals surface area contributed by atoms with Gasteiger partial charge in [-0.15, -0.1) is 0 Å². The van der Waals surface area contributed by atoms with Gasteiger partial charge in [-0.2, -0.15) is 0 Å². The van der Waals surface area contributed by atoms with Crippen molar-refractivity contribution in [2.24, 2.45) is 39.4 Å². The van der Waals surface area contributed by atoms with Gasteiger partial charge < -0.3 is 14.7 Å². The molecule has 0 radical (unpaired) electrons. The first kappa shape index (κ1) is 39.7. The second-order valence-corrected chi connectivity index (χ2v) is 19.2. The predicted molar refractivity (Wildman–Crippen MR) is 230 cm³/mol. The maximum Gasteiger partial charge on any atom is 0.269 e. The van der Waals surface area contributed by atoms with E-state index >= 15 is 0 Å². The Hall–Kier alpha value is -2.95. The van der Waals surface area contributed by atoms with E-state index in [4.69, 9.17) is 17.0 Å². The highest BCUT2D eigenvalue weighted by Crippen LogP contribution is 2.72. The van der Waals surface area contributed by atoms with Gasteiger partial charge >= 0.3 is 0 Å². The molecule has 0 heterocycles. The average molecular weight is 734 g/mol. The van der Waals surface area contributed by atoms with Gasteiger partial charge in [-0.25, -0.2) is 0 Å². The van der Waals surface area contributed by atoms with E-state index < -0.39 is 0 Å². The summed E-state index contributed by atoms with van der Waals surface area (Å²) >= 11 is 5.41. The smallest absolute Gasteiger partial charge is 0.269 e. The summed E-state index contributed by atoms with van der Waals surface area (Å²) in [5, 5.41) is 13.6. The number of aliphatic hydroxyl groups is 1.